The summed E-state index contributed by atoms with van der Waals surface area (Å²) in [5, 5.41) is -0.625. The summed E-state index contributed by atoms with van der Waals surface area (Å²) in [5.74, 6) is 1.17. The number of carbonyl (C=O) groups is 1. The van der Waals surface area contributed by atoms with E-state index in [0.29, 0.717) is 11.5 Å². The highest BCUT2D eigenvalue weighted by molar-refractivity contribution is 7.96. The molecule has 0 amide bonds. The maximum Gasteiger partial charge on any atom is 0.369 e. The summed E-state index contributed by atoms with van der Waals surface area (Å²) in [5.41, 5.74) is 0. The molecule has 3 nitrogen and oxygen atoms in total. The maximum atomic E-state index is 10.4. The van der Waals surface area contributed by atoms with Crippen molar-refractivity contribution in [1.29, 1.82) is 0 Å². The normalized spacial score (nSPS) is 9.17. The van der Waals surface area contributed by atoms with Crippen molar-refractivity contribution < 1.29 is 14.3 Å². The van der Waals surface area contributed by atoms with Crippen molar-refractivity contribution in [3.8, 4) is 11.5 Å². The summed E-state index contributed by atoms with van der Waals surface area (Å²) in [6, 6.07) is 6.66. The monoisotopic (exact) mass is 184 g/mol. The van der Waals surface area contributed by atoms with Crippen LogP contribution in [0.5, 0.6) is 11.5 Å². The van der Waals surface area contributed by atoms with Crippen molar-refractivity contribution in [2.75, 3.05) is 7.11 Å². The number of carbonyl (C=O) groups excluding carboxylic acids is 1. The standard InChI is InChI=1S/C8H8O3S/c1-10-6-2-4-7(5-3-6)11-8(9)12/h2-5H,1H3,(H,9,12). The predicted octanol–water partition coefficient (Wildman–Crippen LogP) is 2.12. The van der Waals surface area contributed by atoms with E-state index in [9.17, 15) is 4.79 Å². The molecule has 1 aromatic rings. The van der Waals surface area contributed by atoms with E-state index in [1.165, 1.54) is 0 Å². The lowest BCUT2D eigenvalue weighted by Crippen LogP contribution is -1.95. The zero-order valence-electron chi connectivity index (χ0n) is 6.48. The van der Waals surface area contributed by atoms with Crippen LogP contribution in [0.2, 0.25) is 0 Å². The van der Waals surface area contributed by atoms with Crippen LogP contribution in [0.15, 0.2) is 24.3 Å². The van der Waals surface area contributed by atoms with Crippen LogP contribution in [0.4, 0.5) is 4.79 Å². The molecule has 0 spiro atoms. The second kappa shape index (κ2) is 4.01. The van der Waals surface area contributed by atoms with Crippen LogP contribution >= 0.6 is 12.6 Å². The molecule has 0 N–H and O–H groups in total. The van der Waals surface area contributed by atoms with Crippen molar-refractivity contribution in [1.82, 2.24) is 0 Å². The lowest BCUT2D eigenvalue weighted by atomic mass is 10.3. The van der Waals surface area contributed by atoms with Crippen LogP contribution in [-0.4, -0.2) is 12.4 Å². The Morgan fingerprint density at radius 2 is 1.75 bits per heavy atom. The Kier molecular flexibility index (Phi) is 2.99. The van der Waals surface area contributed by atoms with Gasteiger partial charge in [-0.3, -0.25) is 0 Å². The van der Waals surface area contributed by atoms with Gasteiger partial charge in [0.2, 0.25) is 0 Å². The molecule has 0 bridgehead atoms. The first kappa shape index (κ1) is 8.93. The number of hydrogen-bond donors (Lipinski definition) is 1. The van der Waals surface area contributed by atoms with Gasteiger partial charge in [0, 0.05) is 0 Å². The zero-order chi connectivity index (χ0) is 8.97. The first-order chi connectivity index (χ1) is 5.72. The third-order valence-corrected chi connectivity index (χ3v) is 1.36. The topological polar surface area (TPSA) is 35.5 Å². The largest absolute Gasteiger partial charge is 0.497 e. The lowest BCUT2D eigenvalue weighted by molar-refractivity contribution is 0.227. The van der Waals surface area contributed by atoms with Gasteiger partial charge in [-0.1, -0.05) is 12.6 Å². The van der Waals surface area contributed by atoms with Crippen molar-refractivity contribution in [2.45, 2.75) is 0 Å². The van der Waals surface area contributed by atoms with Crippen molar-refractivity contribution in [3.05, 3.63) is 24.3 Å². The summed E-state index contributed by atoms with van der Waals surface area (Å²) < 4.78 is 9.60. The fraction of sp³-hybridized carbons (Fsp3) is 0.125. The molecule has 0 fully saturated rings. The highest BCUT2D eigenvalue weighted by Crippen LogP contribution is 2.17. The summed E-state index contributed by atoms with van der Waals surface area (Å²) in [6.07, 6.45) is 0. The average molecular weight is 184 g/mol. The van der Waals surface area contributed by atoms with Crippen LogP contribution < -0.4 is 9.47 Å². The van der Waals surface area contributed by atoms with Gasteiger partial charge in [-0.2, -0.15) is 0 Å². The van der Waals surface area contributed by atoms with Gasteiger partial charge in [0.05, 0.1) is 7.11 Å². The summed E-state index contributed by atoms with van der Waals surface area (Å²) in [4.78, 5) is 10.4. The van der Waals surface area contributed by atoms with Crippen molar-refractivity contribution >= 4 is 17.9 Å². The Bertz CT molecular complexity index is 268. The molecule has 0 saturated heterocycles. The highest BCUT2D eigenvalue weighted by Gasteiger charge is 1.97. The number of methoxy groups -OCH3 is 1. The number of hydrogen-bond acceptors (Lipinski definition) is 3. The lowest BCUT2D eigenvalue weighted by Gasteiger charge is -2.01. The maximum absolute atomic E-state index is 10.4. The fourth-order valence-corrected chi connectivity index (χ4v) is 0.850. The molecule has 12 heavy (non-hydrogen) atoms. The Morgan fingerprint density at radius 1 is 1.25 bits per heavy atom. The van der Waals surface area contributed by atoms with Gasteiger partial charge in [-0.05, 0) is 24.3 Å². The molecule has 0 atom stereocenters. The fourth-order valence-electron chi connectivity index (χ4n) is 0.745. The van der Waals surface area contributed by atoms with E-state index < -0.39 is 5.30 Å². The van der Waals surface area contributed by atoms with Crippen LogP contribution in [0.3, 0.4) is 0 Å². The van der Waals surface area contributed by atoms with Crippen LogP contribution in [0.25, 0.3) is 0 Å². The van der Waals surface area contributed by atoms with E-state index in [1.807, 2.05) is 0 Å². The van der Waals surface area contributed by atoms with E-state index in [0.717, 1.165) is 0 Å². The molecular weight excluding hydrogens is 176 g/mol. The minimum absolute atomic E-state index is 0.454. The van der Waals surface area contributed by atoms with Crippen molar-refractivity contribution in [2.24, 2.45) is 0 Å². The molecule has 0 unspecified atom stereocenters. The molecule has 0 aromatic heterocycles. The second-order valence-electron chi connectivity index (χ2n) is 2.04. The Morgan fingerprint density at radius 3 is 2.17 bits per heavy atom. The Balaban J connectivity index is 2.71. The SMILES string of the molecule is COc1ccc(OC(=O)S)cc1. The van der Waals surface area contributed by atoms with E-state index >= 15 is 0 Å². The molecule has 64 valence electrons. The minimum atomic E-state index is -0.625. The minimum Gasteiger partial charge on any atom is -0.497 e. The molecule has 1 aromatic carbocycles. The van der Waals surface area contributed by atoms with Crippen molar-refractivity contribution in [3.63, 3.8) is 0 Å². The van der Waals surface area contributed by atoms with E-state index in [1.54, 1.807) is 31.4 Å². The molecule has 1 rings (SSSR count). The highest BCUT2D eigenvalue weighted by atomic mass is 32.1. The number of thiol groups is 1. The first-order valence-corrected chi connectivity index (χ1v) is 3.72. The quantitative estimate of drug-likeness (QED) is 0.565. The first-order valence-electron chi connectivity index (χ1n) is 3.27. The van der Waals surface area contributed by atoms with Gasteiger partial charge >= 0.3 is 5.30 Å². The Hall–Kier alpha value is -1.16. The summed E-state index contributed by atoms with van der Waals surface area (Å²) >= 11 is 3.47. The summed E-state index contributed by atoms with van der Waals surface area (Å²) in [6.45, 7) is 0. The average Bonchev–Trinajstić information content (AvgIpc) is 2.05. The zero-order valence-corrected chi connectivity index (χ0v) is 7.38. The summed E-state index contributed by atoms with van der Waals surface area (Å²) in [7, 11) is 1.57. The Labute approximate surface area is 75.7 Å². The smallest absolute Gasteiger partial charge is 0.369 e. The number of ether oxygens (including phenoxy) is 2. The number of rotatable bonds is 2. The van der Waals surface area contributed by atoms with Gasteiger partial charge in [0.15, 0.2) is 0 Å². The molecule has 0 aliphatic heterocycles. The van der Waals surface area contributed by atoms with Gasteiger partial charge in [-0.15, -0.1) is 0 Å². The predicted molar refractivity (Wildman–Crippen MR) is 48.0 cm³/mol. The van der Waals surface area contributed by atoms with Gasteiger partial charge < -0.3 is 9.47 Å². The molecular formula is C8H8O3S. The number of benzene rings is 1. The van der Waals surface area contributed by atoms with Gasteiger partial charge in [0.1, 0.15) is 11.5 Å². The molecule has 4 heteroatoms. The van der Waals surface area contributed by atoms with Gasteiger partial charge in [0.25, 0.3) is 0 Å². The molecule has 0 radical (unpaired) electrons. The van der Waals surface area contributed by atoms with E-state index in [2.05, 4.69) is 17.4 Å². The second-order valence-corrected chi connectivity index (χ2v) is 2.41. The molecule has 0 heterocycles. The molecule has 0 aliphatic carbocycles. The third kappa shape index (κ3) is 2.47. The van der Waals surface area contributed by atoms with Crippen LogP contribution in [-0.2, 0) is 0 Å². The van der Waals surface area contributed by atoms with Crippen LogP contribution in [0, 0.1) is 0 Å². The van der Waals surface area contributed by atoms with E-state index in [-0.39, 0.29) is 0 Å². The van der Waals surface area contributed by atoms with E-state index in [4.69, 9.17) is 4.74 Å². The molecule has 0 saturated carbocycles. The molecule has 0 aliphatic rings. The van der Waals surface area contributed by atoms with Crippen LogP contribution in [0.1, 0.15) is 0 Å². The third-order valence-electron chi connectivity index (χ3n) is 1.26. The van der Waals surface area contributed by atoms with Gasteiger partial charge in [-0.25, -0.2) is 4.79 Å².